The molecule has 0 aromatic rings. The van der Waals surface area contributed by atoms with Crippen LogP contribution in [0.2, 0.25) is 0 Å². The van der Waals surface area contributed by atoms with Crippen molar-refractivity contribution in [2.24, 2.45) is 29.1 Å². The number of carbonyl (C=O) groups is 2. The molecule has 5 heteroatoms. The summed E-state index contributed by atoms with van der Waals surface area (Å²) in [4.78, 5) is 27.1. The molecule has 6 fully saturated rings. The first-order chi connectivity index (χ1) is 11.5. The molecule has 2 saturated heterocycles. The number of rotatable bonds is 2. The van der Waals surface area contributed by atoms with Crippen LogP contribution < -0.4 is 10.6 Å². The number of amides is 2. The summed E-state index contributed by atoms with van der Waals surface area (Å²) in [5.41, 5.74) is -0.327. The zero-order valence-electron chi connectivity index (χ0n) is 14.6. The Morgan fingerprint density at radius 1 is 1.08 bits per heavy atom. The number of nitrogens with zero attached hydrogens (tertiary/aromatic N) is 1. The third-order valence-corrected chi connectivity index (χ3v) is 7.84. The van der Waals surface area contributed by atoms with Crippen LogP contribution in [0, 0.1) is 29.1 Å². The van der Waals surface area contributed by atoms with E-state index in [1.807, 2.05) is 4.90 Å². The van der Waals surface area contributed by atoms with Crippen LogP contribution in [-0.4, -0.2) is 48.4 Å². The molecule has 24 heavy (non-hydrogen) atoms. The molecular weight excluding hydrogens is 302 g/mol. The Morgan fingerprint density at radius 2 is 1.71 bits per heavy atom. The maximum Gasteiger partial charge on any atom is 0.230 e. The molecular formula is C19H29N3O2. The summed E-state index contributed by atoms with van der Waals surface area (Å²) >= 11 is 0. The molecule has 0 radical (unpaired) electrons. The number of hydrogen-bond donors (Lipinski definition) is 2. The van der Waals surface area contributed by atoms with Crippen LogP contribution >= 0.6 is 0 Å². The minimum Gasteiger partial charge on any atom is -0.350 e. The van der Waals surface area contributed by atoms with Crippen molar-refractivity contribution < 1.29 is 9.59 Å². The first-order valence-corrected chi connectivity index (χ1v) is 9.77. The molecule has 2 amide bonds. The van der Waals surface area contributed by atoms with Gasteiger partial charge in [-0.15, -0.1) is 0 Å². The van der Waals surface area contributed by atoms with E-state index < -0.39 is 5.41 Å². The SMILES string of the molecule is CC(=O)N1C[C@@H]2CNC[C@]2(C(=O)NC23CC4CC(CC(C4)C2)C3)C1. The maximum atomic E-state index is 13.4. The number of hydrogen-bond acceptors (Lipinski definition) is 3. The van der Waals surface area contributed by atoms with Crippen molar-refractivity contribution in [1.29, 1.82) is 0 Å². The average Bonchev–Trinajstić information content (AvgIpc) is 3.02. The van der Waals surface area contributed by atoms with Gasteiger partial charge in [0.05, 0.1) is 5.41 Å². The van der Waals surface area contributed by atoms with Crippen molar-refractivity contribution in [3.63, 3.8) is 0 Å². The summed E-state index contributed by atoms with van der Waals surface area (Å²) < 4.78 is 0. The lowest BCUT2D eigenvalue weighted by atomic mass is 9.53. The standard InChI is InChI=1S/C19H29N3O2/c1-12(23)22-9-16-8-20-10-19(16,11-22)17(24)21-18-5-13-2-14(6-18)4-15(3-13)7-18/h13-16,20H,2-11H2,1H3,(H,21,24)/t13?,14?,15?,16-,18?,19-/m0/s1. The van der Waals surface area contributed by atoms with Gasteiger partial charge in [0.15, 0.2) is 0 Å². The molecule has 0 aromatic heterocycles. The van der Waals surface area contributed by atoms with E-state index >= 15 is 0 Å². The Hall–Kier alpha value is -1.10. The van der Waals surface area contributed by atoms with Gasteiger partial charge in [-0.2, -0.15) is 0 Å². The number of likely N-dealkylation sites (tertiary alicyclic amines) is 1. The van der Waals surface area contributed by atoms with Gasteiger partial charge in [-0.1, -0.05) is 0 Å². The molecule has 4 aliphatic carbocycles. The molecule has 0 aromatic carbocycles. The maximum absolute atomic E-state index is 13.4. The Balaban J connectivity index is 1.38. The lowest BCUT2D eigenvalue weighted by Crippen LogP contribution is -2.63. The molecule has 5 nitrogen and oxygen atoms in total. The van der Waals surface area contributed by atoms with Gasteiger partial charge in [-0.3, -0.25) is 9.59 Å². The van der Waals surface area contributed by atoms with Crippen molar-refractivity contribution in [3.8, 4) is 0 Å². The number of fused-ring (bicyclic) bond motifs is 1. The molecule has 2 aliphatic heterocycles. The number of nitrogens with one attached hydrogen (secondary N) is 2. The van der Waals surface area contributed by atoms with Gasteiger partial charge in [0, 0.05) is 44.6 Å². The zero-order chi connectivity index (χ0) is 16.5. The van der Waals surface area contributed by atoms with Crippen molar-refractivity contribution in [1.82, 2.24) is 15.5 Å². The summed E-state index contributed by atoms with van der Waals surface area (Å²) in [7, 11) is 0. The highest BCUT2D eigenvalue weighted by Gasteiger charge is 2.58. The van der Waals surface area contributed by atoms with Gasteiger partial charge in [-0.25, -0.2) is 0 Å². The topological polar surface area (TPSA) is 61.4 Å². The van der Waals surface area contributed by atoms with E-state index in [9.17, 15) is 9.59 Å². The molecule has 4 saturated carbocycles. The van der Waals surface area contributed by atoms with E-state index in [0.29, 0.717) is 6.54 Å². The molecule has 0 spiro atoms. The molecule has 4 bridgehead atoms. The van der Waals surface area contributed by atoms with Gasteiger partial charge in [-0.05, 0) is 56.3 Å². The molecule has 2 N–H and O–H groups in total. The fourth-order valence-electron chi connectivity index (χ4n) is 7.11. The molecule has 2 heterocycles. The van der Waals surface area contributed by atoms with Crippen LogP contribution in [0.4, 0.5) is 0 Å². The van der Waals surface area contributed by atoms with Crippen LogP contribution in [0.3, 0.4) is 0 Å². The second-order valence-corrected chi connectivity index (χ2v) is 9.54. The third kappa shape index (κ3) is 2.09. The summed E-state index contributed by atoms with van der Waals surface area (Å²) in [6.07, 6.45) is 7.74. The Labute approximate surface area is 143 Å². The highest BCUT2D eigenvalue weighted by Crippen LogP contribution is 2.56. The fraction of sp³-hybridized carbons (Fsp3) is 0.895. The van der Waals surface area contributed by atoms with Gasteiger partial charge in [0.2, 0.25) is 11.8 Å². The summed E-state index contributed by atoms with van der Waals surface area (Å²) in [6, 6.07) is 0. The summed E-state index contributed by atoms with van der Waals surface area (Å²) in [5.74, 6) is 3.11. The van der Waals surface area contributed by atoms with Gasteiger partial charge in [0.1, 0.15) is 0 Å². The first-order valence-electron chi connectivity index (χ1n) is 9.77. The highest BCUT2D eigenvalue weighted by molar-refractivity contribution is 5.87. The normalized spacial score (nSPS) is 48.6. The highest BCUT2D eigenvalue weighted by atomic mass is 16.2. The van der Waals surface area contributed by atoms with Crippen LogP contribution in [0.25, 0.3) is 0 Å². The lowest BCUT2D eigenvalue weighted by Gasteiger charge is -2.57. The Morgan fingerprint density at radius 3 is 2.29 bits per heavy atom. The van der Waals surface area contributed by atoms with Crippen molar-refractivity contribution >= 4 is 11.8 Å². The molecule has 6 aliphatic rings. The zero-order valence-corrected chi connectivity index (χ0v) is 14.6. The van der Waals surface area contributed by atoms with E-state index in [2.05, 4.69) is 10.6 Å². The first kappa shape index (κ1) is 15.2. The second-order valence-electron chi connectivity index (χ2n) is 9.54. The van der Waals surface area contributed by atoms with Crippen molar-refractivity contribution in [2.45, 2.75) is 51.0 Å². The van der Waals surface area contributed by atoms with E-state index in [4.69, 9.17) is 0 Å². The smallest absolute Gasteiger partial charge is 0.230 e. The van der Waals surface area contributed by atoms with Gasteiger partial charge in [0.25, 0.3) is 0 Å². The fourth-order valence-corrected chi connectivity index (χ4v) is 7.11. The largest absolute Gasteiger partial charge is 0.350 e. The Bertz CT molecular complexity index is 554. The molecule has 6 rings (SSSR count). The monoisotopic (exact) mass is 331 g/mol. The van der Waals surface area contributed by atoms with Crippen LogP contribution in [0.1, 0.15) is 45.4 Å². The van der Waals surface area contributed by atoms with Crippen LogP contribution in [0.15, 0.2) is 0 Å². The molecule has 0 unspecified atom stereocenters. The lowest BCUT2D eigenvalue weighted by molar-refractivity contribution is -0.137. The average molecular weight is 331 g/mol. The summed E-state index contributed by atoms with van der Waals surface area (Å²) in [6.45, 7) is 4.53. The third-order valence-electron chi connectivity index (χ3n) is 7.84. The van der Waals surface area contributed by atoms with Crippen LogP contribution in [-0.2, 0) is 9.59 Å². The molecule has 2 atom stereocenters. The van der Waals surface area contributed by atoms with E-state index in [1.54, 1.807) is 6.92 Å². The Kier molecular flexibility index (Phi) is 3.14. The van der Waals surface area contributed by atoms with Crippen molar-refractivity contribution in [3.05, 3.63) is 0 Å². The second kappa shape index (κ2) is 4.96. The predicted octanol–water partition coefficient (Wildman–Crippen LogP) is 1.14. The van der Waals surface area contributed by atoms with Crippen molar-refractivity contribution in [2.75, 3.05) is 26.2 Å². The van der Waals surface area contributed by atoms with E-state index in [0.717, 1.165) is 37.4 Å². The van der Waals surface area contributed by atoms with Crippen LogP contribution in [0.5, 0.6) is 0 Å². The van der Waals surface area contributed by atoms with E-state index in [-0.39, 0.29) is 23.3 Å². The number of carbonyl (C=O) groups excluding carboxylic acids is 2. The van der Waals surface area contributed by atoms with Gasteiger partial charge < -0.3 is 15.5 Å². The summed E-state index contributed by atoms with van der Waals surface area (Å²) in [5, 5.41) is 6.99. The predicted molar refractivity (Wildman–Crippen MR) is 90.1 cm³/mol. The van der Waals surface area contributed by atoms with Gasteiger partial charge >= 0.3 is 0 Å². The van der Waals surface area contributed by atoms with E-state index in [1.165, 1.54) is 38.5 Å². The minimum atomic E-state index is -0.394. The quantitative estimate of drug-likeness (QED) is 0.798. The minimum absolute atomic E-state index is 0.0668. The molecule has 132 valence electrons.